The van der Waals surface area contributed by atoms with Gasteiger partial charge in [-0.1, -0.05) is 18.2 Å². The average molecular weight is 253 g/mol. The fraction of sp³-hybridized carbons (Fsp3) is 0.462. The monoisotopic (exact) mass is 253 g/mol. The van der Waals surface area contributed by atoms with Crippen LogP contribution in [0.1, 0.15) is 19.8 Å². The lowest BCUT2D eigenvalue weighted by Crippen LogP contribution is -2.26. The van der Waals surface area contributed by atoms with Crippen LogP contribution in [0.4, 0.5) is 0 Å². The van der Waals surface area contributed by atoms with Gasteiger partial charge in [-0.15, -0.1) is 11.8 Å². The van der Waals surface area contributed by atoms with E-state index in [0.29, 0.717) is 12.3 Å². The van der Waals surface area contributed by atoms with Crippen LogP contribution in [0.2, 0.25) is 0 Å². The van der Waals surface area contributed by atoms with Gasteiger partial charge in [0.2, 0.25) is 5.91 Å². The zero-order valence-corrected chi connectivity index (χ0v) is 10.9. The van der Waals surface area contributed by atoms with Crippen molar-refractivity contribution in [2.24, 2.45) is 0 Å². The Balaban J connectivity index is 2.09. The molecule has 4 heteroatoms. The summed E-state index contributed by atoms with van der Waals surface area (Å²) in [4.78, 5) is 12.6. The molecule has 1 unspecified atom stereocenters. The van der Waals surface area contributed by atoms with Gasteiger partial charge in [0.25, 0.3) is 0 Å². The van der Waals surface area contributed by atoms with Gasteiger partial charge >= 0.3 is 0 Å². The van der Waals surface area contributed by atoms with E-state index < -0.39 is 0 Å². The van der Waals surface area contributed by atoms with Crippen LogP contribution in [0.5, 0.6) is 0 Å². The molecule has 0 aliphatic carbocycles. The third-order valence-electron chi connectivity index (χ3n) is 2.23. The normalized spacial score (nSPS) is 12.1. The smallest absolute Gasteiger partial charge is 0.230 e. The van der Waals surface area contributed by atoms with Crippen molar-refractivity contribution in [2.45, 2.75) is 30.8 Å². The van der Waals surface area contributed by atoms with Crippen molar-refractivity contribution in [1.82, 2.24) is 5.32 Å². The zero-order chi connectivity index (χ0) is 12.5. The molecule has 1 aromatic rings. The molecule has 3 nitrogen and oxygen atoms in total. The molecule has 94 valence electrons. The van der Waals surface area contributed by atoms with Crippen molar-refractivity contribution in [2.75, 3.05) is 12.3 Å². The molecule has 1 amide bonds. The van der Waals surface area contributed by atoms with E-state index in [-0.39, 0.29) is 12.0 Å². The van der Waals surface area contributed by atoms with E-state index in [0.717, 1.165) is 17.7 Å². The number of carbonyl (C=O) groups is 1. The Morgan fingerprint density at radius 1 is 1.41 bits per heavy atom. The second-order valence-electron chi connectivity index (χ2n) is 3.94. The topological polar surface area (TPSA) is 49.3 Å². The predicted octanol–water partition coefficient (Wildman–Crippen LogP) is 2.06. The number of hydrogen-bond acceptors (Lipinski definition) is 3. The molecule has 17 heavy (non-hydrogen) atoms. The van der Waals surface area contributed by atoms with Crippen molar-refractivity contribution >= 4 is 17.7 Å². The Morgan fingerprint density at radius 3 is 2.76 bits per heavy atom. The summed E-state index contributed by atoms with van der Waals surface area (Å²) >= 11 is 1.53. The molecule has 1 rings (SSSR count). The quantitative estimate of drug-likeness (QED) is 0.577. The van der Waals surface area contributed by atoms with E-state index in [1.54, 1.807) is 6.92 Å². The van der Waals surface area contributed by atoms with Crippen molar-refractivity contribution in [3.63, 3.8) is 0 Å². The predicted molar refractivity (Wildman–Crippen MR) is 71.1 cm³/mol. The molecular formula is C13H19NO2S. The molecule has 0 bridgehead atoms. The van der Waals surface area contributed by atoms with Crippen LogP contribution in [-0.2, 0) is 4.79 Å². The minimum atomic E-state index is -0.286. The highest BCUT2D eigenvalue weighted by atomic mass is 32.2. The number of carbonyl (C=O) groups excluding carboxylic acids is 1. The van der Waals surface area contributed by atoms with Crippen LogP contribution in [0.25, 0.3) is 0 Å². The van der Waals surface area contributed by atoms with Crippen LogP contribution < -0.4 is 5.32 Å². The van der Waals surface area contributed by atoms with Gasteiger partial charge in [-0.2, -0.15) is 0 Å². The largest absolute Gasteiger partial charge is 0.393 e. The van der Waals surface area contributed by atoms with Crippen molar-refractivity contribution in [1.29, 1.82) is 0 Å². The van der Waals surface area contributed by atoms with Crippen molar-refractivity contribution in [3.8, 4) is 0 Å². The fourth-order valence-corrected chi connectivity index (χ4v) is 2.09. The van der Waals surface area contributed by atoms with Gasteiger partial charge in [0.1, 0.15) is 0 Å². The van der Waals surface area contributed by atoms with E-state index in [1.807, 2.05) is 30.3 Å². The highest BCUT2D eigenvalue weighted by Gasteiger charge is 2.02. The molecule has 0 fully saturated rings. The van der Waals surface area contributed by atoms with Crippen LogP contribution in [0, 0.1) is 0 Å². The molecule has 1 aromatic carbocycles. The first-order valence-electron chi connectivity index (χ1n) is 5.81. The maximum Gasteiger partial charge on any atom is 0.230 e. The van der Waals surface area contributed by atoms with E-state index in [2.05, 4.69) is 5.32 Å². The summed E-state index contributed by atoms with van der Waals surface area (Å²) in [7, 11) is 0. The number of nitrogens with one attached hydrogen (secondary N) is 1. The second kappa shape index (κ2) is 8.14. The SMILES string of the molecule is CC(O)CCCNC(=O)CSc1ccccc1. The van der Waals surface area contributed by atoms with Crippen LogP contribution in [-0.4, -0.2) is 29.4 Å². The molecule has 0 aliphatic heterocycles. The van der Waals surface area contributed by atoms with E-state index in [9.17, 15) is 4.79 Å². The standard InChI is InChI=1S/C13H19NO2S/c1-11(15)6-5-9-14-13(16)10-17-12-7-3-2-4-8-12/h2-4,7-8,11,15H,5-6,9-10H2,1H3,(H,14,16). The Bertz CT molecular complexity index is 327. The number of benzene rings is 1. The molecule has 0 aromatic heterocycles. The number of hydrogen-bond donors (Lipinski definition) is 2. The number of amides is 1. The molecule has 0 aliphatic rings. The van der Waals surface area contributed by atoms with Gasteiger partial charge in [0.05, 0.1) is 11.9 Å². The maximum atomic E-state index is 11.5. The van der Waals surface area contributed by atoms with Crippen LogP contribution >= 0.6 is 11.8 Å². The molecule has 2 N–H and O–H groups in total. The molecule has 1 atom stereocenters. The van der Waals surface area contributed by atoms with E-state index in [4.69, 9.17) is 5.11 Å². The van der Waals surface area contributed by atoms with Crippen LogP contribution in [0.15, 0.2) is 35.2 Å². The van der Waals surface area contributed by atoms with Gasteiger partial charge in [0.15, 0.2) is 0 Å². The van der Waals surface area contributed by atoms with E-state index in [1.165, 1.54) is 11.8 Å². The molecular weight excluding hydrogens is 234 g/mol. The van der Waals surface area contributed by atoms with Gasteiger partial charge in [-0.25, -0.2) is 0 Å². The van der Waals surface area contributed by atoms with Crippen molar-refractivity contribution in [3.05, 3.63) is 30.3 Å². The van der Waals surface area contributed by atoms with Gasteiger partial charge in [-0.3, -0.25) is 4.79 Å². The first kappa shape index (κ1) is 14.1. The average Bonchev–Trinajstić information content (AvgIpc) is 2.33. The first-order valence-corrected chi connectivity index (χ1v) is 6.79. The fourth-order valence-electron chi connectivity index (χ4n) is 1.34. The third kappa shape index (κ3) is 7.02. The van der Waals surface area contributed by atoms with Crippen molar-refractivity contribution < 1.29 is 9.90 Å². The number of thioether (sulfide) groups is 1. The Hall–Kier alpha value is -1.00. The van der Waals surface area contributed by atoms with Crippen LogP contribution in [0.3, 0.4) is 0 Å². The Kier molecular flexibility index (Phi) is 6.74. The number of aliphatic hydroxyl groups is 1. The third-order valence-corrected chi connectivity index (χ3v) is 3.25. The lowest BCUT2D eigenvalue weighted by molar-refractivity contribution is -0.118. The summed E-state index contributed by atoms with van der Waals surface area (Å²) in [5.41, 5.74) is 0. The molecule has 0 saturated heterocycles. The lowest BCUT2D eigenvalue weighted by atomic mass is 10.2. The summed E-state index contributed by atoms with van der Waals surface area (Å²) in [6, 6.07) is 9.86. The zero-order valence-electron chi connectivity index (χ0n) is 10.1. The molecule has 0 radical (unpaired) electrons. The summed E-state index contributed by atoms with van der Waals surface area (Å²) in [5, 5.41) is 11.9. The minimum absolute atomic E-state index is 0.0458. The minimum Gasteiger partial charge on any atom is -0.393 e. The Morgan fingerprint density at radius 2 is 2.12 bits per heavy atom. The van der Waals surface area contributed by atoms with E-state index >= 15 is 0 Å². The molecule has 0 heterocycles. The van der Waals surface area contributed by atoms with Gasteiger partial charge in [-0.05, 0) is 31.9 Å². The summed E-state index contributed by atoms with van der Waals surface area (Å²) in [5.74, 6) is 0.489. The number of rotatable bonds is 7. The highest BCUT2D eigenvalue weighted by molar-refractivity contribution is 8.00. The van der Waals surface area contributed by atoms with Gasteiger partial charge < -0.3 is 10.4 Å². The summed E-state index contributed by atoms with van der Waals surface area (Å²) in [6.45, 7) is 2.39. The maximum absolute atomic E-state index is 11.5. The molecule has 0 spiro atoms. The number of aliphatic hydroxyl groups excluding tert-OH is 1. The molecule has 0 saturated carbocycles. The Labute approximate surface area is 107 Å². The summed E-state index contributed by atoms with van der Waals surface area (Å²) < 4.78 is 0. The second-order valence-corrected chi connectivity index (χ2v) is 4.99. The lowest BCUT2D eigenvalue weighted by Gasteiger charge is -2.06. The first-order chi connectivity index (χ1) is 8.18. The van der Waals surface area contributed by atoms with Gasteiger partial charge in [0, 0.05) is 11.4 Å². The summed E-state index contributed by atoms with van der Waals surface area (Å²) in [6.07, 6.45) is 1.26. The highest BCUT2D eigenvalue weighted by Crippen LogP contribution is 2.16.